The van der Waals surface area contributed by atoms with Gasteiger partial charge >= 0.3 is 0 Å². The van der Waals surface area contributed by atoms with E-state index < -0.39 is 0 Å². The van der Waals surface area contributed by atoms with Crippen LogP contribution in [0.3, 0.4) is 0 Å². The molecule has 2 nitrogen and oxygen atoms in total. The Labute approximate surface area is 114 Å². The zero-order valence-electron chi connectivity index (χ0n) is 11.5. The number of nitrogen functional groups attached to an aromatic ring is 1. The van der Waals surface area contributed by atoms with E-state index in [4.69, 9.17) is 11.1 Å². The molecule has 0 radical (unpaired) electrons. The van der Waals surface area contributed by atoms with Crippen molar-refractivity contribution in [1.82, 2.24) is 0 Å². The van der Waals surface area contributed by atoms with Gasteiger partial charge in [-0.25, -0.2) is 0 Å². The topological polar surface area (TPSA) is 49.9 Å². The van der Waals surface area contributed by atoms with Crippen molar-refractivity contribution < 1.29 is 0 Å². The predicted octanol–water partition coefficient (Wildman–Crippen LogP) is 3.68. The molecule has 0 heterocycles. The summed E-state index contributed by atoms with van der Waals surface area (Å²) in [5, 5.41) is 7.40. The van der Waals surface area contributed by atoms with E-state index in [-0.39, 0.29) is 5.84 Å². The van der Waals surface area contributed by atoms with Gasteiger partial charge in [0.15, 0.2) is 0 Å². The standard InChI is InChI=1S/C17H20N2/c1-12(2)16-6-4-3-5-15(16)11-13-7-9-14(10-8-13)17(18)19/h3-10,12H,11H2,1-2H3,(H3,18,19). The Bertz CT molecular complexity index is 568. The molecule has 2 heteroatoms. The molecule has 3 N–H and O–H groups in total. The number of benzene rings is 2. The normalized spacial score (nSPS) is 10.7. The summed E-state index contributed by atoms with van der Waals surface area (Å²) < 4.78 is 0. The van der Waals surface area contributed by atoms with Crippen LogP contribution in [0.5, 0.6) is 0 Å². The highest BCUT2D eigenvalue weighted by Crippen LogP contribution is 2.22. The molecule has 2 aromatic carbocycles. The molecule has 0 spiro atoms. The molecule has 0 fully saturated rings. The molecule has 0 bridgehead atoms. The van der Waals surface area contributed by atoms with Crippen molar-refractivity contribution in [3.05, 3.63) is 70.8 Å². The molecule has 0 aromatic heterocycles. The monoisotopic (exact) mass is 252 g/mol. The summed E-state index contributed by atoms with van der Waals surface area (Å²) in [7, 11) is 0. The van der Waals surface area contributed by atoms with Crippen LogP contribution in [-0.4, -0.2) is 5.84 Å². The molecule has 19 heavy (non-hydrogen) atoms. The number of hydrogen-bond acceptors (Lipinski definition) is 1. The Kier molecular flexibility index (Phi) is 4.00. The summed E-state index contributed by atoms with van der Waals surface area (Å²) in [4.78, 5) is 0. The van der Waals surface area contributed by atoms with Crippen LogP contribution in [0, 0.1) is 5.41 Å². The van der Waals surface area contributed by atoms with Crippen LogP contribution in [0.2, 0.25) is 0 Å². The van der Waals surface area contributed by atoms with Crippen LogP contribution in [0.4, 0.5) is 0 Å². The minimum Gasteiger partial charge on any atom is -0.384 e. The number of amidine groups is 1. The van der Waals surface area contributed by atoms with E-state index in [2.05, 4.69) is 38.1 Å². The molecular weight excluding hydrogens is 232 g/mol. The quantitative estimate of drug-likeness (QED) is 0.633. The third-order valence-electron chi connectivity index (χ3n) is 3.34. The van der Waals surface area contributed by atoms with Crippen LogP contribution in [0.25, 0.3) is 0 Å². The van der Waals surface area contributed by atoms with Gasteiger partial charge in [-0.3, -0.25) is 5.41 Å². The highest BCUT2D eigenvalue weighted by atomic mass is 14.7. The van der Waals surface area contributed by atoms with Crippen LogP contribution in [0.15, 0.2) is 48.5 Å². The number of nitrogens with one attached hydrogen (secondary N) is 1. The van der Waals surface area contributed by atoms with Crippen molar-refractivity contribution in [2.45, 2.75) is 26.2 Å². The first-order chi connectivity index (χ1) is 9.08. The van der Waals surface area contributed by atoms with Crippen molar-refractivity contribution in [1.29, 1.82) is 5.41 Å². The molecule has 0 aliphatic heterocycles. The van der Waals surface area contributed by atoms with Crippen molar-refractivity contribution in [2.24, 2.45) is 5.73 Å². The summed E-state index contributed by atoms with van der Waals surface area (Å²) in [6, 6.07) is 16.5. The average Bonchev–Trinajstić information content (AvgIpc) is 2.39. The second-order valence-electron chi connectivity index (χ2n) is 5.14. The largest absolute Gasteiger partial charge is 0.384 e. The van der Waals surface area contributed by atoms with Gasteiger partial charge in [-0.05, 0) is 29.0 Å². The summed E-state index contributed by atoms with van der Waals surface area (Å²) in [5.74, 6) is 0.654. The van der Waals surface area contributed by atoms with Gasteiger partial charge in [-0.1, -0.05) is 62.4 Å². The van der Waals surface area contributed by atoms with E-state index >= 15 is 0 Å². The maximum atomic E-state index is 7.40. The first-order valence-electron chi connectivity index (χ1n) is 6.59. The van der Waals surface area contributed by atoms with Gasteiger partial charge < -0.3 is 5.73 Å². The summed E-state index contributed by atoms with van der Waals surface area (Å²) >= 11 is 0. The molecule has 0 atom stereocenters. The zero-order chi connectivity index (χ0) is 13.8. The van der Waals surface area contributed by atoms with E-state index in [0.717, 1.165) is 12.0 Å². The molecule has 2 rings (SSSR count). The maximum absolute atomic E-state index is 7.40. The van der Waals surface area contributed by atoms with Gasteiger partial charge in [0.05, 0.1) is 0 Å². The lowest BCUT2D eigenvalue weighted by atomic mass is 9.93. The molecule has 2 aromatic rings. The third kappa shape index (κ3) is 3.22. The van der Waals surface area contributed by atoms with Crippen LogP contribution in [0.1, 0.15) is 42.0 Å². The van der Waals surface area contributed by atoms with Gasteiger partial charge in [0, 0.05) is 5.56 Å². The number of rotatable bonds is 4. The lowest BCUT2D eigenvalue weighted by molar-refractivity contribution is 0.848. The lowest BCUT2D eigenvalue weighted by Gasteiger charge is -2.12. The summed E-state index contributed by atoms with van der Waals surface area (Å²) in [6.07, 6.45) is 0.923. The van der Waals surface area contributed by atoms with E-state index in [1.54, 1.807) is 0 Å². The summed E-state index contributed by atoms with van der Waals surface area (Å²) in [6.45, 7) is 4.44. The molecule has 0 aliphatic rings. The zero-order valence-corrected chi connectivity index (χ0v) is 11.5. The SMILES string of the molecule is CC(C)c1ccccc1Cc1ccc(C(=N)N)cc1. The fourth-order valence-electron chi connectivity index (χ4n) is 2.28. The molecular formula is C17H20N2. The second kappa shape index (κ2) is 5.70. The minimum atomic E-state index is 0.120. The van der Waals surface area contributed by atoms with Crippen LogP contribution < -0.4 is 5.73 Å². The van der Waals surface area contributed by atoms with Crippen LogP contribution in [-0.2, 0) is 6.42 Å². The molecule has 0 saturated heterocycles. The number of nitrogens with two attached hydrogens (primary N) is 1. The first kappa shape index (κ1) is 13.3. The summed E-state index contributed by atoms with van der Waals surface area (Å²) in [5.41, 5.74) is 10.3. The van der Waals surface area contributed by atoms with Gasteiger partial charge in [0.1, 0.15) is 5.84 Å². The molecule has 98 valence electrons. The van der Waals surface area contributed by atoms with E-state index in [9.17, 15) is 0 Å². The second-order valence-corrected chi connectivity index (χ2v) is 5.14. The van der Waals surface area contributed by atoms with Crippen molar-refractivity contribution >= 4 is 5.84 Å². The Hall–Kier alpha value is -2.09. The van der Waals surface area contributed by atoms with Gasteiger partial charge in [0.25, 0.3) is 0 Å². The van der Waals surface area contributed by atoms with Crippen molar-refractivity contribution in [2.75, 3.05) is 0 Å². The fourth-order valence-corrected chi connectivity index (χ4v) is 2.28. The predicted molar refractivity (Wildman–Crippen MR) is 80.8 cm³/mol. The van der Waals surface area contributed by atoms with Gasteiger partial charge in [0.2, 0.25) is 0 Å². The molecule has 0 unspecified atom stereocenters. The Balaban J connectivity index is 2.24. The molecule has 0 amide bonds. The highest BCUT2D eigenvalue weighted by molar-refractivity contribution is 5.94. The smallest absolute Gasteiger partial charge is 0.122 e. The molecule has 0 saturated carbocycles. The number of hydrogen-bond donors (Lipinski definition) is 2. The van der Waals surface area contributed by atoms with E-state index in [1.807, 2.05) is 24.3 Å². The fraction of sp³-hybridized carbons (Fsp3) is 0.235. The molecule has 0 aliphatic carbocycles. The van der Waals surface area contributed by atoms with Gasteiger partial charge in [-0.15, -0.1) is 0 Å². The Morgan fingerprint density at radius 1 is 1.05 bits per heavy atom. The minimum absolute atomic E-state index is 0.120. The van der Waals surface area contributed by atoms with Crippen molar-refractivity contribution in [3.63, 3.8) is 0 Å². The average molecular weight is 252 g/mol. The lowest BCUT2D eigenvalue weighted by Crippen LogP contribution is -2.10. The van der Waals surface area contributed by atoms with Gasteiger partial charge in [-0.2, -0.15) is 0 Å². The Morgan fingerprint density at radius 3 is 2.26 bits per heavy atom. The van der Waals surface area contributed by atoms with E-state index in [1.165, 1.54) is 16.7 Å². The Morgan fingerprint density at radius 2 is 1.68 bits per heavy atom. The van der Waals surface area contributed by atoms with Crippen LogP contribution >= 0.6 is 0 Å². The maximum Gasteiger partial charge on any atom is 0.122 e. The first-order valence-corrected chi connectivity index (χ1v) is 6.59. The third-order valence-corrected chi connectivity index (χ3v) is 3.34. The highest BCUT2D eigenvalue weighted by Gasteiger charge is 2.06. The van der Waals surface area contributed by atoms with E-state index in [0.29, 0.717) is 5.92 Å². The van der Waals surface area contributed by atoms with Crippen molar-refractivity contribution in [3.8, 4) is 0 Å².